The van der Waals surface area contributed by atoms with Gasteiger partial charge in [-0.05, 0) is 23.3 Å². The van der Waals surface area contributed by atoms with Gasteiger partial charge in [0, 0.05) is 18.8 Å². The molecule has 0 saturated heterocycles. The quantitative estimate of drug-likeness (QED) is 0.868. The van der Waals surface area contributed by atoms with Crippen LogP contribution in [-0.2, 0) is 17.8 Å². The van der Waals surface area contributed by atoms with Crippen molar-refractivity contribution in [3.63, 3.8) is 0 Å². The fourth-order valence-electron chi connectivity index (χ4n) is 1.70. The van der Waals surface area contributed by atoms with Crippen molar-refractivity contribution >= 4 is 5.91 Å². The van der Waals surface area contributed by atoms with Crippen LogP contribution in [0, 0.1) is 0 Å². The van der Waals surface area contributed by atoms with Gasteiger partial charge in [0.15, 0.2) is 0 Å². The highest BCUT2D eigenvalue weighted by Crippen LogP contribution is 2.10. The van der Waals surface area contributed by atoms with E-state index in [1.807, 2.05) is 6.07 Å². The van der Waals surface area contributed by atoms with Gasteiger partial charge in [0.25, 0.3) is 0 Å². The second-order valence-electron chi connectivity index (χ2n) is 4.33. The predicted octanol–water partition coefficient (Wildman–Crippen LogP) is 1.65. The van der Waals surface area contributed by atoms with Gasteiger partial charge in [0.05, 0.1) is 13.5 Å². The highest BCUT2D eigenvalue weighted by atomic mass is 16.5. The normalized spacial score (nSPS) is 10.1. The van der Waals surface area contributed by atoms with E-state index >= 15 is 0 Å². The molecule has 20 heavy (non-hydrogen) atoms. The molecule has 0 radical (unpaired) electrons. The first-order chi connectivity index (χ1) is 9.67. The molecule has 0 saturated carbocycles. The molecule has 104 valence electrons. The number of hydrogen-bond donors (Lipinski definition) is 2. The topological polar surface area (TPSA) is 71.5 Å². The number of carbonyl (C=O) groups excluding carboxylic acids is 1. The molecule has 0 bridgehead atoms. The second kappa shape index (κ2) is 6.56. The summed E-state index contributed by atoms with van der Waals surface area (Å²) in [6.45, 7) is 0.425. The van der Waals surface area contributed by atoms with E-state index in [0.717, 1.165) is 11.1 Å². The minimum absolute atomic E-state index is 0.0773. The fraction of sp³-hybridized carbons (Fsp3) is 0.200. The summed E-state index contributed by atoms with van der Waals surface area (Å²) in [5.74, 6) is 0.661. The molecule has 0 aliphatic rings. The standard InChI is InChI=1S/C15H16N2O3/c1-20-15-7-4-12(10-17-15)9-16-14(19)8-11-2-5-13(18)6-3-11/h2-7,10,18H,8-9H2,1H3,(H,16,19). The molecule has 1 amide bonds. The Kier molecular flexibility index (Phi) is 4.55. The second-order valence-corrected chi connectivity index (χ2v) is 4.33. The zero-order valence-electron chi connectivity index (χ0n) is 11.2. The molecular formula is C15H16N2O3. The average molecular weight is 272 g/mol. The van der Waals surface area contributed by atoms with Crippen LogP contribution in [0.5, 0.6) is 11.6 Å². The number of carbonyl (C=O) groups is 1. The van der Waals surface area contributed by atoms with E-state index < -0.39 is 0 Å². The molecule has 1 heterocycles. The summed E-state index contributed by atoms with van der Waals surface area (Å²) in [5, 5.41) is 12.0. The molecule has 2 aromatic rings. The summed E-state index contributed by atoms with van der Waals surface area (Å²) in [4.78, 5) is 15.8. The van der Waals surface area contributed by atoms with Crippen LogP contribution < -0.4 is 10.1 Å². The van der Waals surface area contributed by atoms with Crippen LogP contribution in [0.25, 0.3) is 0 Å². The van der Waals surface area contributed by atoms with E-state index in [-0.39, 0.29) is 18.1 Å². The SMILES string of the molecule is COc1ccc(CNC(=O)Cc2ccc(O)cc2)cn1. The summed E-state index contributed by atoms with van der Waals surface area (Å²) >= 11 is 0. The van der Waals surface area contributed by atoms with Gasteiger partial charge in [0.1, 0.15) is 5.75 Å². The highest BCUT2D eigenvalue weighted by molar-refractivity contribution is 5.78. The number of aromatic nitrogens is 1. The van der Waals surface area contributed by atoms with Crippen molar-refractivity contribution in [2.45, 2.75) is 13.0 Å². The molecule has 0 fully saturated rings. The monoisotopic (exact) mass is 272 g/mol. The van der Waals surface area contributed by atoms with Crippen LogP contribution >= 0.6 is 0 Å². The Bertz CT molecular complexity index is 565. The minimum Gasteiger partial charge on any atom is -0.508 e. The molecule has 2 rings (SSSR count). The number of rotatable bonds is 5. The molecule has 0 aliphatic heterocycles. The van der Waals surface area contributed by atoms with Crippen molar-refractivity contribution in [2.75, 3.05) is 7.11 Å². The van der Waals surface area contributed by atoms with Crippen molar-refractivity contribution in [1.29, 1.82) is 0 Å². The first kappa shape index (κ1) is 13.9. The van der Waals surface area contributed by atoms with Gasteiger partial charge >= 0.3 is 0 Å². The van der Waals surface area contributed by atoms with Gasteiger partial charge in [-0.15, -0.1) is 0 Å². The molecule has 1 aromatic heterocycles. The maximum absolute atomic E-state index is 11.8. The lowest BCUT2D eigenvalue weighted by Gasteiger charge is -2.06. The van der Waals surface area contributed by atoms with Gasteiger partial charge in [-0.1, -0.05) is 18.2 Å². The van der Waals surface area contributed by atoms with Gasteiger partial charge in [-0.3, -0.25) is 4.79 Å². The molecule has 0 atom stereocenters. The van der Waals surface area contributed by atoms with Crippen molar-refractivity contribution in [3.8, 4) is 11.6 Å². The molecule has 0 unspecified atom stereocenters. The first-order valence-electron chi connectivity index (χ1n) is 6.21. The van der Waals surface area contributed by atoms with E-state index in [1.54, 1.807) is 43.6 Å². The Balaban J connectivity index is 1.83. The third kappa shape index (κ3) is 3.98. The van der Waals surface area contributed by atoms with Crippen LogP contribution in [0.15, 0.2) is 42.6 Å². The van der Waals surface area contributed by atoms with E-state index in [0.29, 0.717) is 12.4 Å². The Morgan fingerprint density at radius 1 is 1.20 bits per heavy atom. The molecule has 5 nitrogen and oxygen atoms in total. The van der Waals surface area contributed by atoms with Crippen molar-refractivity contribution < 1.29 is 14.6 Å². The van der Waals surface area contributed by atoms with Crippen LogP contribution in [-0.4, -0.2) is 23.1 Å². The number of methoxy groups -OCH3 is 1. The number of nitrogens with zero attached hydrogens (tertiary/aromatic N) is 1. The van der Waals surface area contributed by atoms with Crippen LogP contribution in [0.3, 0.4) is 0 Å². The average Bonchev–Trinajstić information content (AvgIpc) is 2.48. The van der Waals surface area contributed by atoms with Gasteiger partial charge < -0.3 is 15.2 Å². The lowest BCUT2D eigenvalue weighted by atomic mass is 10.1. The Hall–Kier alpha value is -2.56. The van der Waals surface area contributed by atoms with Crippen LogP contribution in [0.1, 0.15) is 11.1 Å². The smallest absolute Gasteiger partial charge is 0.224 e. The molecule has 0 aliphatic carbocycles. The van der Waals surface area contributed by atoms with Gasteiger partial charge in [0.2, 0.25) is 11.8 Å². The number of ether oxygens (including phenoxy) is 1. The number of hydrogen-bond acceptors (Lipinski definition) is 4. The number of phenolic OH excluding ortho intramolecular Hbond substituents is 1. The number of nitrogens with one attached hydrogen (secondary N) is 1. The lowest BCUT2D eigenvalue weighted by molar-refractivity contribution is -0.120. The Morgan fingerprint density at radius 2 is 1.90 bits per heavy atom. The maximum Gasteiger partial charge on any atom is 0.224 e. The van der Waals surface area contributed by atoms with E-state index in [9.17, 15) is 4.79 Å². The molecule has 2 N–H and O–H groups in total. The Morgan fingerprint density at radius 3 is 2.50 bits per heavy atom. The summed E-state index contributed by atoms with van der Waals surface area (Å²) < 4.78 is 4.96. The van der Waals surface area contributed by atoms with Crippen molar-refractivity contribution in [2.24, 2.45) is 0 Å². The summed E-state index contributed by atoms with van der Waals surface area (Å²) in [7, 11) is 1.56. The number of pyridine rings is 1. The Labute approximate surface area is 117 Å². The number of amides is 1. The van der Waals surface area contributed by atoms with Gasteiger partial charge in [-0.2, -0.15) is 0 Å². The van der Waals surface area contributed by atoms with Crippen LogP contribution in [0.2, 0.25) is 0 Å². The molecule has 1 aromatic carbocycles. The largest absolute Gasteiger partial charge is 0.508 e. The first-order valence-corrected chi connectivity index (χ1v) is 6.21. The minimum atomic E-state index is -0.0773. The number of benzene rings is 1. The molecule has 5 heteroatoms. The summed E-state index contributed by atoms with van der Waals surface area (Å²) in [5.41, 5.74) is 1.76. The molecule has 0 spiro atoms. The van der Waals surface area contributed by atoms with Gasteiger partial charge in [-0.25, -0.2) is 4.98 Å². The summed E-state index contributed by atoms with van der Waals surface area (Å²) in [6, 6.07) is 10.2. The van der Waals surface area contributed by atoms with Crippen molar-refractivity contribution in [1.82, 2.24) is 10.3 Å². The summed E-state index contributed by atoms with van der Waals surface area (Å²) in [6.07, 6.45) is 1.95. The zero-order chi connectivity index (χ0) is 14.4. The number of phenols is 1. The number of aromatic hydroxyl groups is 1. The highest BCUT2D eigenvalue weighted by Gasteiger charge is 2.04. The fourth-order valence-corrected chi connectivity index (χ4v) is 1.70. The lowest BCUT2D eigenvalue weighted by Crippen LogP contribution is -2.24. The van der Waals surface area contributed by atoms with Crippen LogP contribution in [0.4, 0.5) is 0 Å². The van der Waals surface area contributed by atoms with E-state index in [1.165, 1.54) is 0 Å². The third-order valence-electron chi connectivity index (χ3n) is 2.80. The van der Waals surface area contributed by atoms with Crippen molar-refractivity contribution in [3.05, 3.63) is 53.7 Å². The zero-order valence-corrected chi connectivity index (χ0v) is 11.2. The predicted molar refractivity (Wildman–Crippen MR) is 74.4 cm³/mol. The third-order valence-corrected chi connectivity index (χ3v) is 2.80. The van der Waals surface area contributed by atoms with E-state index in [4.69, 9.17) is 9.84 Å². The maximum atomic E-state index is 11.8. The van der Waals surface area contributed by atoms with E-state index in [2.05, 4.69) is 10.3 Å². The molecular weight excluding hydrogens is 256 g/mol.